The molecule has 4 nitrogen and oxygen atoms in total. The van der Waals surface area contributed by atoms with Gasteiger partial charge in [-0.3, -0.25) is 4.79 Å². The van der Waals surface area contributed by atoms with Gasteiger partial charge in [-0.15, -0.1) is 0 Å². The van der Waals surface area contributed by atoms with E-state index in [-0.39, 0.29) is 12.5 Å². The molecule has 2 rings (SSSR count). The van der Waals surface area contributed by atoms with Crippen molar-refractivity contribution in [3.63, 3.8) is 0 Å². The predicted molar refractivity (Wildman–Crippen MR) is 67.3 cm³/mol. The van der Waals surface area contributed by atoms with Gasteiger partial charge in [-0.1, -0.05) is 22.0 Å². The van der Waals surface area contributed by atoms with Crippen molar-refractivity contribution in [2.75, 3.05) is 6.54 Å². The number of hydrogen-bond donors (Lipinski definition) is 1. The molecule has 1 aromatic rings. The maximum Gasteiger partial charge on any atom is 0.303 e. The molecule has 5 heteroatoms. The lowest BCUT2D eigenvalue weighted by Gasteiger charge is -2.09. The normalized spacial score (nSPS) is 18.6. The summed E-state index contributed by atoms with van der Waals surface area (Å²) in [5.41, 5.74) is 0.914. The maximum atomic E-state index is 10.5. The van der Waals surface area contributed by atoms with Crippen LogP contribution in [-0.4, -0.2) is 29.6 Å². The van der Waals surface area contributed by atoms with Crippen LogP contribution in [-0.2, 0) is 9.53 Å². The first-order valence-electron chi connectivity index (χ1n) is 5.34. The maximum absolute atomic E-state index is 10.5. The van der Waals surface area contributed by atoms with Crippen LogP contribution in [0.5, 0.6) is 0 Å². The minimum absolute atomic E-state index is 0.111. The zero-order valence-corrected chi connectivity index (χ0v) is 10.7. The third-order valence-corrected chi connectivity index (χ3v) is 2.96. The van der Waals surface area contributed by atoms with Gasteiger partial charge in [-0.25, -0.2) is 4.99 Å². The first-order valence-corrected chi connectivity index (χ1v) is 6.13. The number of halogens is 1. The van der Waals surface area contributed by atoms with E-state index in [9.17, 15) is 4.79 Å². The molecule has 90 valence electrons. The second-order valence-electron chi connectivity index (χ2n) is 3.83. The zero-order chi connectivity index (χ0) is 12.3. The number of aliphatic carboxylic acids is 1. The van der Waals surface area contributed by atoms with E-state index in [0.29, 0.717) is 18.9 Å². The lowest BCUT2D eigenvalue weighted by Crippen LogP contribution is -2.15. The molecule has 0 saturated carbocycles. The summed E-state index contributed by atoms with van der Waals surface area (Å²) < 4.78 is 6.59. The summed E-state index contributed by atoms with van der Waals surface area (Å²) in [5, 5.41) is 8.59. The number of carbonyl (C=O) groups is 1. The van der Waals surface area contributed by atoms with Crippen LogP contribution in [0.3, 0.4) is 0 Å². The summed E-state index contributed by atoms with van der Waals surface area (Å²) in [4.78, 5) is 14.7. The fourth-order valence-electron chi connectivity index (χ4n) is 1.63. The van der Waals surface area contributed by atoms with Crippen LogP contribution in [0.4, 0.5) is 0 Å². The molecule has 17 heavy (non-hydrogen) atoms. The third kappa shape index (κ3) is 3.30. The number of aliphatic imine (C=N–C) groups is 1. The van der Waals surface area contributed by atoms with Crippen molar-refractivity contribution >= 4 is 27.8 Å². The van der Waals surface area contributed by atoms with Gasteiger partial charge in [0.1, 0.15) is 6.10 Å². The second kappa shape index (κ2) is 5.31. The van der Waals surface area contributed by atoms with Gasteiger partial charge >= 0.3 is 5.97 Å². The minimum Gasteiger partial charge on any atom is -0.481 e. The van der Waals surface area contributed by atoms with Crippen LogP contribution in [0.15, 0.2) is 33.7 Å². The molecule has 1 aromatic carbocycles. The highest BCUT2D eigenvalue weighted by Crippen LogP contribution is 2.18. The Morgan fingerprint density at radius 2 is 2.41 bits per heavy atom. The molecule has 0 radical (unpaired) electrons. The van der Waals surface area contributed by atoms with E-state index in [2.05, 4.69) is 20.9 Å². The summed E-state index contributed by atoms with van der Waals surface area (Å²) >= 11 is 3.39. The molecule has 0 bridgehead atoms. The van der Waals surface area contributed by atoms with Gasteiger partial charge in [-0.05, 0) is 24.6 Å². The van der Waals surface area contributed by atoms with Crippen molar-refractivity contribution in [2.45, 2.75) is 18.9 Å². The van der Waals surface area contributed by atoms with Crippen molar-refractivity contribution < 1.29 is 14.6 Å². The quantitative estimate of drug-likeness (QED) is 0.929. The summed E-state index contributed by atoms with van der Waals surface area (Å²) in [6.07, 6.45) is 0.502. The lowest BCUT2D eigenvalue weighted by atomic mass is 10.2. The van der Waals surface area contributed by atoms with Crippen molar-refractivity contribution in [1.29, 1.82) is 0 Å². The van der Waals surface area contributed by atoms with Crippen molar-refractivity contribution in [3.05, 3.63) is 34.3 Å². The van der Waals surface area contributed by atoms with Gasteiger partial charge in [0.05, 0.1) is 6.54 Å². The van der Waals surface area contributed by atoms with E-state index in [1.54, 1.807) is 0 Å². The molecule has 1 aliphatic rings. The molecule has 0 spiro atoms. The van der Waals surface area contributed by atoms with E-state index >= 15 is 0 Å². The summed E-state index contributed by atoms with van der Waals surface area (Å²) in [6.45, 7) is 0.537. The van der Waals surface area contributed by atoms with Gasteiger partial charge in [0.2, 0.25) is 5.90 Å². The average Bonchev–Trinajstić information content (AvgIpc) is 2.75. The minimum atomic E-state index is -0.801. The molecular weight excluding hydrogens is 286 g/mol. The first-order chi connectivity index (χ1) is 8.15. The van der Waals surface area contributed by atoms with Crippen LogP contribution in [0, 0.1) is 0 Å². The number of hydrogen-bond acceptors (Lipinski definition) is 3. The monoisotopic (exact) mass is 297 g/mol. The molecule has 1 unspecified atom stereocenters. The fourth-order valence-corrected chi connectivity index (χ4v) is 2.03. The third-order valence-electron chi connectivity index (χ3n) is 2.47. The summed E-state index contributed by atoms with van der Waals surface area (Å²) in [5.74, 6) is -0.203. The molecule has 0 aromatic heterocycles. The Hall–Kier alpha value is -1.36. The fraction of sp³-hybridized carbons (Fsp3) is 0.333. The Morgan fingerprint density at radius 1 is 1.59 bits per heavy atom. The van der Waals surface area contributed by atoms with E-state index in [0.717, 1.165) is 10.0 Å². The number of nitrogens with zero attached hydrogens (tertiary/aromatic N) is 1. The Morgan fingerprint density at radius 3 is 3.12 bits per heavy atom. The van der Waals surface area contributed by atoms with E-state index in [4.69, 9.17) is 9.84 Å². The van der Waals surface area contributed by atoms with Crippen LogP contribution in [0.1, 0.15) is 18.4 Å². The molecule has 0 fully saturated rings. The molecule has 1 heterocycles. The van der Waals surface area contributed by atoms with Gasteiger partial charge in [0.15, 0.2) is 0 Å². The molecule has 1 atom stereocenters. The smallest absolute Gasteiger partial charge is 0.303 e. The standard InChI is InChI=1S/C12H12BrNO3/c13-9-3-1-2-8(6-9)12-14-7-10(17-12)4-5-11(15)16/h1-3,6,10H,4-5,7H2,(H,15,16). The van der Waals surface area contributed by atoms with Crippen LogP contribution < -0.4 is 0 Å². The largest absolute Gasteiger partial charge is 0.481 e. The highest BCUT2D eigenvalue weighted by molar-refractivity contribution is 9.10. The van der Waals surface area contributed by atoms with E-state index in [1.165, 1.54) is 0 Å². The van der Waals surface area contributed by atoms with Crippen LogP contribution >= 0.6 is 15.9 Å². The highest BCUT2D eigenvalue weighted by Gasteiger charge is 2.21. The number of rotatable bonds is 4. The topological polar surface area (TPSA) is 58.9 Å². The molecule has 1 aliphatic heterocycles. The Bertz CT molecular complexity index is 459. The van der Waals surface area contributed by atoms with Gasteiger partial charge < -0.3 is 9.84 Å². The molecule has 0 aliphatic carbocycles. The van der Waals surface area contributed by atoms with E-state index in [1.807, 2.05) is 24.3 Å². The molecular formula is C12H12BrNO3. The Kier molecular flexibility index (Phi) is 3.78. The number of ether oxygens (including phenoxy) is 1. The van der Waals surface area contributed by atoms with Gasteiger partial charge in [0.25, 0.3) is 0 Å². The van der Waals surface area contributed by atoms with Crippen LogP contribution in [0.2, 0.25) is 0 Å². The number of benzene rings is 1. The lowest BCUT2D eigenvalue weighted by molar-refractivity contribution is -0.137. The zero-order valence-electron chi connectivity index (χ0n) is 9.10. The first kappa shape index (κ1) is 12.1. The number of carboxylic acids is 1. The summed E-state index contributed by atoms with van der Waals surface area (Å²) in [7, 11) is 0. The van der Waals surface area contributed by atoms with Crippen molar-refractivity contribution in [2.24, 2.45) is 4.99 Å². The average molecular weight is 298 g/mol. The van der Waals surface area contributed by atoms with Crippen molar-refractivity contribution in [1.82, 2.24) is 0 Å². The van der Waals surface area contributed by atoms with Crippen molar-refractivity contribution in [3.8, 4) is 0 Å². The Balaban J connectivity index is 1.95. The number of carboxylic acid groups (broad SMARTS) is 1. The Labute approximate surface area is 107 Å². The van der Waals surface area contributed by atoms with E-state index < -0.39 is 5.97 Å². The SMILES string of the molecule is O=C(O)CCC1CN=C(c2cccc(Br)c2)O1. The van der Waals surface area contributed by atoms with Gasteiger partial charge in [0, 0.05) is 16.5 Å². The molecule has 0 saturated heterocycles. The molecule has 1 N–H and O–H groups in total. The summed E-state index contributed by atoms with van der Waals surface area (Å²) in [6, 6.07) is 7.69. The predicted octanol–water partition coefficient (Wildman–Crippen LogP) is 2.46. The van der Waals surface area contributed by atoms with Crippen LogP contribution in [0.25, 0.3) is 0 Å². The molecule has 0 amide bonds. The second-order valence-corrected chi connectivity index (χ2v) is 4.74. The van der Waals surface area contributed by atoms with Gasteiger partial charge in [-0.2, -0.15) is 0 Å². The highest BCUT2D eigenvalue weighted by atomic mass is 79.9.